The third-order valence-corrected chi connectivity index (χ3v) is 2.91. The molecule has 1 saturated heterocycles. The maximum absolute atomic E-state index is 10.9. The third-order valence-electron chi connectivity index (χ3n) is 2.91. The van der Waals surface area contributed by atoms with Crippen molar-refractivity contribution in [2.45, 2.75) is 12.8 Å². The number of hydrogen-bond acceptors (Lipinski definition) is 4. The number of morpholine rings is 1. The Hall–Kier alpha value is -1.62. The van der Waals surface area contributed by atoms with Crippen LogP contribution >= 0.6 is 0 Å². The van der Waals surface area contributed by atoms with E-state index in [1.165, 1.54) is 0 Å². The number of aliphatic carboxylic acids is 1. The van der Waals surface area contributed by atoms with E-state index >= 15 is 0 Å². The molecule has 1 fully saturated rings. The predicted octanol–water partition coefficient (Wildman–Crippen LogP) is 1.11. The Bertz CT molecular complexity index is 402. The topological polar surface area (TPSA) is 62.7 Å². The highest BCUT2D eigenvalue weighted by Crippen LogP contribution is 2.18. The Balaban J connectivity index is 2.18. The quantitative estimate of drug-likeness (QED) is 0.851. The summed E-state index contributed by atoms with van der Waals surface area (Å²) in [5.41, 5.74) is 0.599. The molecular weight excluding hydrogens is 220 g/mol. The van der Waals surface area contributed by atoms with Crippen molar-refractivity contribution in [3.8, 4) is 0 Å². The molecule has 5 nitrogen and oxygen atoms in total. The highest BCUT2D eigenvalue weighted by Gasteiger charge is 2.17. The van der Waals surface area contributed by atoms with Gasteiger partial charge in [0, 0.05) is 13.1 Å². The van der Waals surface area contributed by atoms with Gasteiger partial charge in [-0.2, -0.15) is 0 Å². The standard InChI is InChI=1S/C12H16N2O3/c1-9(12(15)16)10-3-2-4-11(13-10)14-5-7-17-8-6-14/h2-4,9H,5-8H2,1H3,(H,15,16). The molecule has 2 rings (SSSR count). The first-order valence-electron chi connectivity index (χ1n) is 5.71. The van der Waals surface area contributed by atoms with Gasteiger partial charge in [0.1, 0.15) is 5.82 Å². The molecule has 0 aromatic carbocycles. The smallest absolute Gasteiger partial charge is 0.312 e. The minimum atomic E-state index is -0.850. The van der Waals surface area contributed by atoms with E-state index in [0.717, 1.165) is 18.9 Å². The zero-order valence-electron chi connectivity index (χ0n) is 9.80. The van der Waals surface area contributed by atoms with Gasteiger partial charge in [0.05, 0.1) is 24.8 Å². The van der Waals surface area contributed by atoms with E-state index in [4.69, 9.17) is 9.84 Å². The first-order valence-corrected chi connectivity index (χ1v) is 5.71. The summed E-state index contributed by atoms with van der Waals surface area (Å²) in [5, 5.41) is 8.96. The van der Waals surface area contributed by atoms with E-state index in [1.54, 1.807) is 13.0 Å². The molecule has 1 aliphatic rings. The predicted molar refractivity (Wildman–Crippen MR) is 63.3 cm³/mol. The van der Waals surface area contributed by atoms with Gasteiger partial charge in [0.25, 0.3) is 0 Å². The average molecular weight is 236 g/mol. The first kappa shape index (κ1) is 11.9. The van der Waals surface area contributed by atoms with Crippen LogP contribution in [0.25, 0.3) is 0 Å². The minimum Gasteiger partial charge on any atom is -0.481 e. The maximum atomic E-state index is 10.9. The van der Waals surface area contributed by atoms with E-state index in [1.807, 2.05) is 12.1 Å². The van der Waals surface area contributed by atoms with Gasteiger partial charge >= 0.3 is 5.97 Å². The van der Waals surface area contributed by atoms with Crippen LogP contribution in [0.3, 0.4) is 0 Å². The van der Waals surface area contributed by atoms with Crippen molar-refractivity contribution in [1.82, 2.24) is 4.98 Å². The van der Waals surface area contributed by atoms with Crippen molar-refractivity contribution in [2.24, 2.45) is 0 Å². The molecule has 1 unspecified atom stereocenters. The second kappa shape index (κ2) is 5.14. The Morgan fingerprint density at radius 3 is 2.82 bits per heavy atom. The van der Waals surface area contributed by atoms with Gasteiger partial charge in [-0.25, -0.2) is 4.98 Å². The van der Waals surface area contributed by atoms with Gasteiger partial charge < -0.3 is 14.7 Å². The van der Waals surface area contributed by atoms with Crippen molar-refractivity contribution >= 4 is 11.8 Å². The number of anilines is 1. The molecule has 1 atom stereocenters. The number of rotatable bonds is 3. The lowest BCUT2D eigenvalue weighted by atomic mass is 10.1. The van der Waals surface area contributed by atoms with Crippen LogP contribution < -0.4 is 4.90 Å². The van der Waals surface area contributed by atoms with Gasteiger partial charge in [-0.1, -0.05) is 6.07 Å². The molecule has 0 bridgehead atoms. The molecule has 1 aliphatic heterocycles. The fraction of sp³-hybridized carbons (Fsp3) is 0.500. The van der Waals surface area contributed by atoms with Crippen molar-refractivity contribution in [2.75, 3.05) is 31.2 Å². The zero-order valence-corrected chi connectivity index (χ0v) is 9.80. The Labute approximate surface area is 100 Å². The maximum Gasteiger partial charge on any atom is 0.312 e. The Morgan fingerprint density at radius 1 is 1.47 bits per heavy atom. The lowest BCUT2D eigenvalue weighted by Crippen LogP contribution is -2.36. The van der Waals surface area contributed by atoms with Gasteiger partial charge in [0.15, 0.2) is 0 Å². The largest absolute Gasteiger partial charge is 0.481 e. The summed E-state index contributed by atoms with van der Waals surface area (Å²) in [6, 6.07) is 5.51. The monoisotopic (exact) mass is 236 g/mol. The Morgan fingerprint density at radius 2 is 2.18 bits per heavy atom. The van der Waals surface area contributed by atoms with Crippen LogP contribution in [0.4, 0.5) is 5.82 Å². The molecular formula is C12H16N2O3. The van der Waals surface area contributed by atoms with Crippen LogP contribution in [-0.4, -0.2) is 42.4 Å². The Kier molecular flexibility index (Phi) is 3.58. The van der Waals surface area contributed by atoms with E-state index in [-0.39, 0.29) is 0 Å². The number of aromatic nitrogens is 1. The number of nitrogens with zero attached hydrogens (tertiary/aromatic N) is 2. The molecule has 0 aliphatic carbocycles. The summed E-state index contributed by atoms with van der Waals surface area (Å²) >= 11 is 0. The molecule has 0 saturated carbocycles. The molecule has 17 heavy (non-hydrogen) atoms. The van der Waals surface area contributed by atoms with Crippen LogP contribution in [0.2, 0.25) is 0 Å². The van der Waals surface area contributed by atoms with Crippen LogP contribution in [0.1, 0.15) is 18.5 Å². The van der Waals surface area contributed by atoms with Crippen molar-refractivity contribution in [3.05, 3.63) is 23.9 Å². The summed E-state index contributed by atoms with van der Waals surface area (Å²) in [4.78, 5) is 17.4. The fourth-order valence-corrected chi connectivity index (χ4v) is 1.78. The number of ether oxygens (including phenoxy) is 1. The fourth-order valence-electron chi connectivity index (χ4n) is 1.78. The molecule has 1 N–H and O–H groups in total. The second-order valence-electron chi connectivity index (χ2n) is 4.08. The van der Waals surface area contributed by atoms with Crippen molar-refractivity contribution in [1.29, 1.82) is 0 Å². The van der Waals surface area contributed by atoms with E-state index in [2.05, 4.69) is 9.88 Å². The highest BCUT2D eigenvalue weighted by molar-refractivity contribution is 5.75. The van der Waals surface area contributed by atoms with Crippen molar-refractivity contribution < 1.29 is 14.6 Å². The molecule has 0 spiro atoms. The summed E-state index contributed by atoms with van der Waals surface area (Å²) in [7, 11) is 0. The summed E-state index contributed by atoms with van der Waals surface area (Å²) < 4.78 is 5.27. The second-order valence-corrected chi connectivity index (χ2v) is 4.08. The lowest BCUT2D eigenvalue weighted by Gasteiger charge is -2.28. The normalized spacial score (nSPS) is 17.8. The van der Waals surface area contributed by atoms with Crippen LogP contribution in [0.15, 0.2) is 18.2 Å². The third kappa shape index (κ3) is 2.74. The van der Waals surface area contributed by atoms with Gasteiger partial charge in [-0.15, -0.1) is 0 Å². The lowest BCUT2D eigenvalue weighted by molar-refractivity contribution is -0.138. The van der Waals surface area contributed by atoms with E-state index in [0.29, 0.717) is 18.9 Å². The molecule has 0 amide bonds. The molecule has 1 aromatic rings. The number of carboxylic acids is 1. The molecule has 0 radical (unpaired) electrons. The SMILES string of the molecule is CC(C(=O)O)c1cccc(N2CCOCC2)n1. The molecule has 1 aromatic heterocycles. The molecule has 92 valence electrons. The molecule has 5 heteroatoms. The zero-order chi connectivity index (χ0) is 12.3. The van der Waals surface area contributed by atoms with Gasteiger partial charge in [-0.05, 0) is 19.1 Å². The average Bonchev–Trinajstić information content (AvgIpc) is 2.39. The van der Waals surface area contributed by atoms with Crippen LogP contribution in [0.5, 0.6) is 0 Å². The van der Waals surface area contributed by atoms with Gasteiger partial charge in [0.2, 0.25) is 0 Å². The highest BCUT2D eigenvalue weighted by atomic mass is 16.5. The minimum absolute atomic E-state index is 0.573. The van der Waals surface area contributed by atoms with E-state index < -0.39 is 11.9 Å². The summed E-state index contributed by atoms with van der Waals surface area (Å²) in [6.07, 6.45) is 0. The van der Waals surface area contributed by atoms with Gasteiger partial charge in [-0.3, -0.25) is 4.79 Å². The first-order chi connectivity index (χ1) is 8.18. The number of pyridine rings is 1. The van der Waals surface area contributed by atoms with E-state index in [9.17, 15) is 4.79 Å². The number of carbonyl (C=O) groups is 1. The number of hydrogen-bond donors (Lipinski definition) is 1. The van der Waals surface area contributed by atoms with Crippen molar-refractivity contribution in [3.63, 3.8) is 0 Å². The summed E-state index contributed by atoms with van der Waals surface area (Å²) in [6.45, 7) is 4.64. The molecule has 2 heterocycles. The van der Waals surface area contributed by atoms with Crippen LogP contribution in [-0.2, 0) is 9.53 Å². The van der Waals surface area contributed by atoms with Crippen LogP contribution in [0, 0.1) is 0 Å². The number of carboxylic acid groups (broad SMARTS) is 1. The summed E-state index contributed by atoms with van der Waals surface area (Å²) in [5.74, 6) is -0.591.